The normalized spacial score (nSPS) is 12.9. The molecule has 0 saturated carbocycles. The summed E-state index contributed by atoms with van der Waals surface area (Å²) in [6.45, 7) is 1.77. The van der Waals surface area contributed by atoms with E-state index in [0.29, 0.717) is 0 Å². The molecule has 47 valence electrons. The molecule has 0 heterocycles. The van der Waals surface area contributed by atoms with Crippen molar-refractivity contribution in [3.63, 3.8) is 0 Å². The van der Waals surface area contributed by atoms with Crippen molar-refractivity contribution in [3.8, 4) is 0 Å². The molecule has 0 aromatic heterocycles. The predicted molar refractivity (Wildman–Crippen MR) is 29.1 cm³/mol. The highest BCUT2D eigenvalue weighted by Gasteiger charge is 2.09. The Morgan fingerprint density at radius 1 is 1.88 bits per heavy atom. The minimum atomic E-state index is -0.306. The third-order valence-electron chi connectivity index (χ3n) is 0.910. The van der Waals surface area contributed by atoms with E-state index in [1.807, 2.05) is 0 Å². The molecular formula is C5H10NO2. The standard InChI is InChI=1S/C5H10NO2/c1-4(3-6)5(7)8-2/h4,6H,3H2,1-2H3. The monoisotopic (exact) mass is 116 g/mol. The van der Waals surface area contributed by atoms with Gasteiger partial charge < -0.3 is 4.74 Å². The minimum absolute atomic E-state index is 0.104. The fourth-order valence-corrected chi connectivity index (χ4v) is 0.285. The van der Waals surface area contributed by atoms with Crippen LogP contribution in [0.25, 0.3) is 0 Å². The Bertz CT molecular complexity index is 82.5. The van der Waals surface area contributed by atoms with Gasteiger partial charge in [-0.15, -0.1) is 0 Å². The van der Waals surface area contributed by atoms with Crippen LogP contribution in [0.2, 0.25) is 0 Å². The first-order chi connectivity index (χ1) is 3.72. The number of esters is 1. The van der Waals surface area contributed by atoms with Crippen LogP contribution in [0.4, 0.5) is 0 Å². The zero-order chi connectivity index (χ0) is 6.57. The Kier molecular flexibility index (Phi) is 3.19. The third kappa shape index (κ3) is 1.93. The lowest BCUT2D eigenvalue weighted by Gasteiger charge is -2.02. The van der Waals surface area contributed by atoms with Crippen molar-refractivity contribution in [2.45, 2.75) is 6.92 Å². The van der Waals surface area contributed by atoms with Crippen LogP contribution in [0.1, 0.15) is 6.92 Å². The van der Waals surface area contributed by atoms with Gasteiger partial charge in [0.15, 0.2) is 0 Å². The van der Waals surface area contributed by atoms with Crippen LogP contribution in [-0.2, 0) is 9.53 Å². The number of hydrogen-bond donors (Lipinski definition) is 0. The van der Waals surface area contributed by atoms with Gasteiger partial charge in [0.1, 0.15) is 0 Å². The molecule has 1 unspecified atom stereocenters. The fraction of sp³-hybridized carbons (Fsp3) is 0.800. The summed E-state index contributed by atoms with van der Waals surface area (Å²) in [7, 11) is 1.33. The first-order valence-electron chi connectivity index (χ1n) is 2.44. The Morgan fingerprint density at radius 2 is 2.38 bits per heavy atom. The van der Waals surface area contributed by atoms with E-state index in [1.165, 1.54) is 7.11 Å². The van der Waals surface area contributed by atoms with Crippen molar-refractivity contribution < 1.29 is 9.53 Å². The van der Waals surface area contributed by atoms with E-state index in [4.69, 9.17) is 5.73 Å². The SMILES string of the molecule is COC(=O)C(C)C[NH]. The maximum Gasteiger partial charge on any atom is 0.309 e. The van der Waals surface area contributed by atoms with Crippen molar-refractivity contribution in [1.82, 2.24) is 5.73 Å². The average molecular weight is 116 g/mol. The molecule has 0 fully saturated rings. The summed E-state index contributed by atoms with van der Waals surface area (Å²) >= 11 is 0. The summed E-state index contributed by atoms with van der Waals surface area (Å²) in [5.74, 6) is -0.583. The molecule has 3 nitrogen and oxygen atoms in total. The summed E-state index contributed by atoms with van der Waals surface area (Å²) in [6, 6.07) is 0. The highest BCUT2D eigenvalue weighted by atomic mass is 16.5. The lowest BCUT2D eigenvalue weighted by atomic mass is 10.2. The Morgan fingerprint density at radius 3 is 2.50 bits per heavy atom. The smallest absolute Gasteiger partial charge is 0.309 e. The maximum atomic E-state index is 10.4. The van der Waals surface area contributed by atoms with Crippen LogP contribution in [0.3, 0.4) is 0 Å². The molecule has 0 aromatic rings. The number of carbonyl (C=O) groups excluding carboxylic acids is 1. The molecule has 0 aliphatic heterocycles. The summed E-state index contributed by atoms with van der Waals surface area (Å²) in [5.41, 5.74) is 6.74. The molecule has 0 aromatic carbocycles. The molecule has 3 heteroatoms. The number of rotatable bonds is 2. The molecular weight excluding hydrogens is 106 g/mol. The molecule has 0 aliphatic carbocycles. The van der Waals surface area contributed by atoms with Gasteiger partial charge in [0.2, 0.25) is 0 Å². The van der Waals surface area contributed by atoms with Crippen LogP contribution in [-0.4, -0.2) is 19.6 Å². The van der Waals surface area contributed by atoms with Gasteiger partial charge in [-0.2, -0.15) is 0 Å². The van der Waals surface area contributed by atoms with Gasteiger partial charge in [0.05, 0.1) is 13.0 Å². The lowest BCUT2D eigenvalue weighted by Crippen LogP contribution is -2.16. The van der Waals surface area contributed by atoms with Crippen LogP contribution >= 0.6 is 0 Å². The number of methoxy groups -OCH3 is 1. The van der Waals surface area contributed by atoms with Crippen LogP contribution in [0.15, 0.2) is 0 Å². The molecule has 0 rings (SSSR count). The molecule has 0 amide bonds. The van der Waals surface area contributed by atoms with E-state index in [1.54, 1.807) is 6.92 Å². The van der Waals surface area contributed by atoms with E-state index in [2.05, 4.69) is 4.74 Å². The second kappa shape index (κ2) is 3.43. The zero-order valence-corrected chi connectivity index (χ0v) is 5.10. The molecule has 8 heavy (non-hydrogen) atoms. The van der Waals surface area contributed by atoms with Crippen LogP contribution in [0, 0.1) is 5.92 Å². The lowest BCUT2D eigenvalue weighted by molar-refractivity contribution is -0.144. The highest BCUT2D eigenvalue weighted by Crippen LogP contribution is 1.92. The second-order valence-electron chi connectivity index (χ2n) is 1.63. The first-order valence-corrected chi connectivity index (χ1v) is 2.44. The summed E-state index contributed by atoms with van der Waals surface area (Å²) < 4.78 is 4.34. The van der Waals surface area contributed by atoms with Gasteiger partial charge >= 0.3 is 5.97 Å². The van der Waals surface area contributed by atoms with E-state index in [-0.39, 0.29) is 18.4 Å². The van der Waals surface area contributed by atoms with E-state index < -0.39 is 0 Å². The van der Waals surface area contributed by atoms with Gasteiger partial charge in [-0.25, -0.2) is 0 Å². The van der Waals surface area contributed by atoms with E-state index in [9.17, 15) is 4.79 Å². The third-order valence-corrected chi connectivity index (χ3v) is 0.910. The first kappa shape index (κ1) is 7.43. The van der Waals surface area contributed by atoms with Crippen LogP contribution < -0.4 is 5.73 Å². The Labute approximate surface area is 48.8 Å². The molecule has 0 bridgehead atoms. The number of nitrogens with one attached hydrogen (secondary N) is 1. The largest absolute Gasteiger partial charge is 0.469 e. The maximum absolute atomic E-state index is 10.4. The Hall–Kier alpha value is -0.570. The van der Waals surface area contributed by atoms with Gasteiger partial charge in [0, 0.05) is 6.54 Å². The van der Waals surface area contributed by atoms with Gasteiger partial charge in [0.25, 0.3) is 0 Å². The predicted octanol–water partition coefficient (Wildman–Crippen LogP) is 0.0784. The summed E-state index contributed by atoms with van der Waals surface area (Å²) in [6.07, 6.45) is 0. The average Bonchev–Trinajstić information content (AvgIpc) is 1.84. The van der Waals surface area contributed by atoms with Crippen molar-refractivity contribution in [3.05, 3.63) is 0 Å². The molecule has 1 atom stereocenters. The minimum Gasteiger partial charge on any atom is -0.469 e. The van der Waals surface area contributed by atoms with Crippen molar-refractivity contribution in [2.75, 3.05) is 13.7 Å². The van der Waals surface area contributed by atoms with Crippen LogP contribution in [0.5, 0.6) is 0 Å². The number of carbonyl (C=O) groups is 1. The molecule has 0 spiro atoms. The number of hydrogen-bond acceptors (Lipinski definition) is 2. The quantitative estimate of drug-likeness (QED) is 0.479. The van der Waals surface area contributed by atoms with Crippen molar-refractivity contribution in [1.29, 1.82) is 0 Å². The summed E-state index contributed by atoms with van der Waals surface area (Å²) in [4.78, 5) is 10.4. The topological polar surface area (TPSA) is 50.1 Å². The second-order valence-corrected chi connectivity index (χ2v) is 1.63. The Balaban J connectivity index is 3.46. The summed E-state index contributed by atoms with van der Waals surface area (Å²) in [5, 5.41) is 0. The van der Waals surface area contributed by atoms with E-state index >= 15 is 0 Å². The fourth-order valence-electron chi connectivity index (χ4n) is 0.285. The molecule has 0 saturated heterocycles. The van der Waals surface area contributed by atoms with Gasteiger partial charge in [-0.3, -0.25) is 10.5 Å². The molecule has 1 radical (unpaired) electrons. The van der Waals surface area contributed by atoms with Gasteiger partial charge in [-0.1, -0.05) is 6.92 Å². The van der Waals surface area contributed by atoms with Crippen molar-refractivity contribution >= 4 is 5.97 Å². The molecule has 0 aliphatic rings. The zero-order valence-electron chi connectivity index (χ0n) is 5.10. The number of ether oxygens (including phenoxy) is 1. The van der Waals surface area contributed by atoms with Crippen molar-refractivity contribution in [2.24, 2.45) is 5.92 Å². The van der Waals surface area contributed by atoms with Gasteiger partial charge in [-0.05, 0) is 0 Å². The highest BCUT2D eigenvalue weighted by molar-refractivity contribution is 5.71. The van der Waals surface area contributed by atoms with E-state index in [0.717, 1.165) is 0 Å². The molecule has 1 N–H and O–H groups in total.